The molecule has 0 saturated heterocycles. The summed E-state index contributed by atoms with van der Waals surface area (Å²) in [6, 6.07) is 0. The van der Waals surface area contributed by atoms with Crippen LogP contribution in [0, 0.1) is 11.3 Å². The van der Waals surface area contributed by atoms with E-state index in [-0.39, 0.29) is 0 Å². The van der Waals surface area contributed by atoms with Crippen LogP contribution in [0.25, 0.3) is 0 Å². The maximum atomic E-state index is 3.28. The SMILES string of the molecule is CNCC(C)(C)CN(C)CC1CCCC1. The highest BCUT2D eigenvalue weighted by atomic mass is 15.1. The summed E-state index contributed by atoms with van der Waals surface area (Å²) in [5.41, 5.74) is 0.391. The predicted octanol–water partition coefficient (Wildman–Crippen LogP) is 2.35. The highest BCUT2D eigenvalue weighted by molar-refractivity contribution is 4.77. The maximum absolute atomic E-state index is 3.28. The summed E-state index contributed by atoms with van der Waals surface area (Å²) in [7, 11) is 4.31. The predicted molar refractivity (Wildman–Crippen MR) is 67.2 cm³/mol. The van der Waals surface area contributed by atoms with E-state index in [2.05, 4.69) is 31.1 Å². The van der Waals surface area contributed by atoms with Gasteiger partial charge in [-0.05, 0) is 38.3 Å². The van der Waals surface area contributed by atoms with Crippen molar-refractivity contribution in [2.75, 3.05) is 33.7 Å². The average molecular weight is 212 g/mol. The first-order valence-electron chi connectivity index (χ1n) is 6.37. The summed E-state index contributed by atoms with van der Waals surface area (Å²) in [6.45, 7) is 8.28. The standard InChI is InChI=1S/C13H28N2/c1-13(2,10-14-3)11-15(4)9-12-7-5-6-8-12/h12,14H,5-11H2,1-4H3. The molecule has 0 heterocycles. The molecular formula is C13H28N2. The molecule has 1 N–H and O–H groups in total. The van der Waals surface area contributed by atoms with Crippen LogP contribution < -0.4 is 5.32 Å². The quantitative estimate of drug-likeness (QED) is 0.727. The van der Waals surface area contributed by atoms with Crippen molar-refractivity contribution in [1.29, 1.82) is 0 Å². The smallest absolute Gasteiger partial charge is 0.00419 e. The van der Waals surface area contributed by atoms with Crippen LogP contribution in [0.3, 0.4) is 0 Å². The Morgan fingerprint density at radius 2 is 1.87 bits per heavy atom. The summed E-state index contributed by atoms with van der Waals surface area (Å²) >= 11 is 0. The van der Waals surface area contributed by atoms with E-state index in [4.69, 9.17) is 0 Å². The number of rotatable bonds is 6. The molecular weight excluding hydrogens is 184 g/mol. The van der Waals surface area contributed by atoms with Gasteiger partial charge in [-0.1, -0.05) is 26.7 Å². The van der Waals surface area contributed by atoms with Crippen LogP contribution in [0.1, 0.15) is 39.5 Å². The van der Waals surface area contributed by atoms with Crippen LogP contribution in [0.4, 0.5) is 0 Å². The first kappa shape index (κ1) is 13.0. The number of hydrogen-bond donors (Lipinski definition) is 1. The van der Waals surface area contributed by atoms with Crippen LogP contribution in [0.2, 0.25) is 0 Å². The van der Waals surface area contributed by atoms with Crippen molar-refractivity contribution in [2.45, 2.75) is 39.5 Å². The highest BCUT2D eigenvalue weighted by Crippen LogP contribution is 2.26. The number of nitrogens with one attached hydrogen (secondary N) is 1. The minimum absolute atomic E-state index is 0.391. The van der Waals surface area contributed by atoms with Gasteiger partial charge in [0.15, 0.2) is 0 Å². The Morgan fingerprint density at radius 3 is 2.40 bits per heavy atom. The van der Waals surface area contributed by atoms with Gasteiger partial charge in [-0.2, -0.15) is 0 Å². The molecule has 90 valence electrons. The molecule has 0 atom stereocenters. The van der Waals surface area contributed by atoms with E-state index in [1.807, 2.05) is 7.05 Å². The van der Waals surface area contributed by atoms with Crippen molar-refractivity contribution in [2.24, 2.45) is 11.3 Å². The molecule has 0 radical (unpaired) electrons. The van der Waals surface area contributed by atoms with Gasteiger partial charge in [0.1, 0.15) is 0 Å². The van der Waals surface area contributed by atoms with Crippen molar-refractivity contribution in [3.05, 3.63) is 0 Å². The highest BCUT2D eigenvalue weighted by Gasteiger charge is 2.22. The van der Waals surface area contributed by atoms with E-state index in [0.29, 0.717) is 5.41 Å². The van der Waals surface area contributed by atoms with Gasteiger partial charge in [-0.15, -0.1) is 0 Å². The number of hydrogen-bond acceptors (Lipinski definition) is 2. The molecule has 1 rings (SSSR count). The Morgan fingerprint density at radius 1 is 1.27 bits per heavy atom. The molecule has 0 amide bonds. The minimum atomic E-state index is 0.391. The van der Waals surface area contributed by atoms with Gasteiger partial charge in [-0.25, -0.2) is 0 Å². The van der Waals surface area contributed by atoms with Crippen LogP contribution in [0.15, 0.2) is 0 Å². The fourth-order valence-corrected chi connectivity index (χ4v) is 2.96. The Bertz CT molecular complexity index is 171. The van der Waals surface area contributed by atoms with E-state index in [9.17, 15) is 0 Å². The Kier molecular flexibility index (Phi) is 5.07. The topological polar surface area (TPSA) is 15.3 Å². The molecule has 2 heteroatoms. The van der Waals surface area contributed by atoms with Gasteiger partial charge in [0.2, 0.25) is 0 Å². The molecule has 0 bridgehead atoms. The lowest BCUT2D eigenvalue weighted by atomic mass is 9.92. The summed E-state index contributed by atoms with van der Waals surface area (Å²) in [4.78, 5) is 2.52. The second-order valence-electron chi connectivity index (χ2n) is 6.04. The molecule has 2 nitrogen and oxygen atoms in total. The first-order valence-corrected chi connectivity index (χ1v) is 6.37. The molecule has 0 aromatic heterocycles. The molecule has 1 aliphatic rings. The normalized spacial score (nSPS) is 19.0. The van der Waals surface area contributed by atoms with Crippen LogP contribution in [-0.2, 0) is 0 Å². The van der Waals surface area contributed by atoms with E-state index >= 15 is 0 Å². The lowest BCUT2D eigenvalue weighted by molar-refractivity contribution is 0.185. The summed E-state index contributed by atoms with van der Waals surface area (Å²) in [5.74, 6) is 0.973. The fraction of sp³-hybridized carbons (Fsp3) is 1.00. The molecule has 1 aliphatic carbocycles. The molecule has 0 unspecified atom stereocenters. The zero-order valence-corrected chi connectivity index (χ0v) is 11.0. The van der Waals surface area contributed by atoms with Gasteiger partial charge in [0.05, 0.1) is 0 Å². The molecule has 0 aromatic carbocycles. The van der Waals surface area contributed by atoms with Crippen LogP contribution in [0.5, 0.6) is 0 Å². The summed E-state index contributed by atoms with van der Waals surface area (Å²) in [5, 5.41) is 3.28. The largest absolute Gasteiger partial charge is 0.319 e. The minimum Gasteiger partial charge on any atom is -0.319 e. The van der Waals surface area contributed by atoms with Gasteiger partial charge < -0.3 is 10.2 Å². The summed E-state index contributed by atoms with van der Waals surface area (Å²) < 4.78 is 0. The molecule has 0 aromatic rings. The lowest BCUT2D eigenvalue weighted by Crippen LogP contribution is -2.39. The first-order chi connectivity index (χ1) is 7.03. The van der Waals surface area contributed by atoms with Crippen molar-refractivity contribution >= 4 is 0 Å². The fourth-order valence-electron chi connectivity index (χ4n) is 2.96. The lowest BCUT2D eigenvalue weighted by Gasteiger charge is -2.31. The van der Waals surface area contributed by atoms with Crippen LogP contribution >= 0.6 is 0 Å². The van der Waals surface area contributed by atoms with Gasteiger partial charge >= 0.3 is 0 Å². The van der Waals surface area contributed by atoms with Crippen molar-refractivity contribution in [1.82, 2.24) is 10.2 Å². The molecule has 0 aliphatic heterocycles. The molecule has 15 heavy (non-hydrogen) atoms. The summed E-state index contributed by atoms with van der Waals surface area (Å²) in [6.07, 6.45) is 5.82. The number of nitrogens with zero attached hydrogens (tertiary/aromatic N) is 1. The Balaban J connectivity index is 2.24. The van der Waals surface area contributed by atoms with Gasteiger partial charge in [0, 0.05) is 19.6 Å². The zero-order chi connectivity index (χ0) is 11.3. The third-order valence-electron chi connectivity index (χ3n) is 3.40. The van der Waals surface area contributed by atoms with E-state index in [0.717, 1.165) is 12.5 Å². The van der Waals surface area contributed by atoms with E-state index in [1.54, 1.807) is 0 Å². The molecule has 1 fully saturated rings. The second kappa shape index (κ2) is 5.86. The van der Waals surface area contributed by atoms with Gasteiger partial charge in [-0.3, -0.25) is 0 Å². The average Bonchev–Trinajstić information content (AvgIpc) is 2.54. The van der Waals surface area contributed by atoms with Crippen molar-refractivity contribution in [3.8, 4) is 0 Å². The zero-order valence-electron chi connectivity index (χ0n) is 11.0. The van der Waals surface area contributed by atoms with Gasteiger partial charge in [0.25, 0.3) is 0 Å². The molecule has 0 spiro atoms. The van der Waals surface area contributed by atoms with E-state index < -0.39 is 0 Å². The Labute approximate surface area is 95.4 Å². The third kappa shape index (κ3) is 4.98. The third-order valence-corrected chi connectivity index (χ3v) is 3.40. The maximum Gasteiger partial charge on any atom is 0.00419 e. The monoisotopic (exact) mass is 212 g/mol. The van der Waals surface area contributed by atoms with E-state index in [1.165, 1.54) is 38.8 Å². The van der Waals surface area contributed by atoms with Crippen molar-refractivity contribution in [3.63, 3.8) is 0 Å². The second-order valence-corrected chi connectivity index (χ2v) is 6.04. The van der Waals surface area contributed by atoms with Crippen molar-refractivity contribution < 1.29 is 0 Å². The Hall–Kier alpha value is -0.0800. The van der Waals surface area contributed by atoms with Crippen LogP contribution in [-0.4, -0.2) is 38.6 Å². The molecule has 1 saturated carbocycles.